The van der Waals surface area contributed by atoms with Crippen molar-refractivity contribution >= 4 is 28.1 Å². The second kappa shape index (κ2) is 13.8. The lowest BCUT2D eigenvalue weighted by atomic mass is 10.1. The van der Waals surface area contributed by atoms with Crippen LogP contribution in [0.4, 0.5) is 11.5 Å². The lowest BCUT2D eigenvalue weighted by Gasteiger charge is -2.26. The smallest absolute Gasteiger partial charge is 0.162 e. The molecule has 3 aromatic carbocycles. The van der Waals surface area contributed by atoms with Crippen LogP contribution in [0.3, 0.4) is 0 Å². The van der Waals surface area contributed by atoms with Crippen LogP contribution >= 0.6 is 0 Å². The number of nitrogens with one attached hydrogen (secondary N) is 2. The monoisotopic (exact) mass is 539 g/mol. The van der Waals surface area contributed by atoms with Gasteiger partial charge in [0.05, 0.1) is 31.5 Å². The minimum Gasteiger partial charge on any atom is -0.493 e. The van der Waals surface area contributed by atoms with Gasteiger partial charge in [0.2, 0.25) is 0 Å². The largest absolute Gasteiger partial charge is 0.493 e. The highest BCUT2D eigenvalue weighted by atomic mass is 16.6. The molecule has 0 aliphatic carbocycles. The Hall–Kier alpha value is -4.14. The summed E-state index contributed by atoms with van der Waals surface area (Å²) in [6.07, 6.45) is 6.47. The molecule has 1 saturated heterocycles. The fourth-order valence-corrected chi connectivity index (χ4v) is 4.82. The number of likely N-dealkylation sites (tertiary alicyclic amines) is 1. The number of aromatic nitrogens is 2. The maximum atomic E-state index is 6.17. The summed E-state index contributed by atoms with van der Waals surface area (Å²) in [5.74, 6) is 2.06. The topological polar surface area (TPSA) is 80.8 Å². The summed E-state index contributed by atoms with van der Waals surface area (Å²) >= 11 is 0. The Labute approximate surface area is 236 Å². The second-order valence-electron chi connectivity index (χ2n) is 9.90. The van der Waals surface area contributed by atoms with E-state index in [9.17, 15) is 0 Å². The Morgan fingerprint density at radius 2 is 1.75 bits per heavy atom. The van der Waals surface area contributed by atoms with Crippen molar-refractivity contribution in [1.29, 1.82) is 0 Å². The van der Waals surface area contributed by atoms with Gasteiger partial charge < -0.3 is 19.7 Å². The number of methoxy groups -OCH3 is 1. The predicted molar refractivity (Wildman–Crippen MR) is 160 cm³/mol. The molecule has 0 radical (unpaired) electrons. The van der Waals surface area contributed by atoms with Crippen molar-refractivity contribution in [1.82, 2.24) is 20.3 Å². The maximum Gasteiger partial charge on any atom is 0.162 e. The van der Waals surface area contributed by atoms with Crippen LogP contribution in [0.2, 0.25) is 0 Å². The standard InChI is InChI=1S/C32H37N5O3/c1-24(36-40-22-25-10-5-3-6-11-25)26-12-14-27(15-13-26)35-32-28-20-31(30(38-2)21-29(28)33-23-34-32)39-19-9-18-37-16-7-4-8-17-37/h3,5-6,10-15,20-21,23,36H,1,4,7-9,16-19,22H2,2H3,(H,33,34,35). The van der Waals surface area contributed by atoms with Gasteiger partial charge in [-0.2, -0.15) is 0 Å². The molecule has 0 bridgehead atoms. The number of ether oxygens (including phenoxy) is 2. The molecule has 4 aromatic rings. The van der Waals surface area contributed by atoms with Gasteiger partial charge in [0.25, 0.3) is 0 Å². The maximum absolute atomic E-state index is 6.17. The van der Waals surface area contributed by atoms with Crippen LogP contribution in [-0.4, -0.2) is 48.2 Å². The quantitative estimate of drug-likeness (QED) is 0.151. The highest BCUT2D eigenvalue weighted by molar-refractivity contribution is 5.93. The fraction of sp³-hybridized carbons (Fsp3) is 0.312. The molecule has 40 heavy (non-hydrogen) atoms. The van der Waals surface area contributed by atoms with Crippen LogP contribution in [-0.2, 0) is 11.4 Å². The van der Waals surface area contributed by atoms with E-state index in [2.05, 4.69) is 32.2 Å². The number of benzene rings is 3. The van der Waals surface area contributed by atoms with E-state index in [1.165, 1.54) is 32.4 Å². The molecule has 1 fully saturated rings. The summed E-state index contributed by atoms with van der Waals surface area (Å²) in [5.41, 5.74) is 7.30. The average molecular weight is 540 g/mol. The highest BCUT2D eigenvalue weighted by Crippen LogP contribution is 2.35. The number of anilines is 2. The van der Waals surface area contributed by atoms with E-state index >= 15 is 0 Å². The number of fused-ring (bicyclic) bond motifs is 1. The lowest BCUT2D eigenvalue weighted by Crippen LogP contribution is -2.31. The van der Waals surface area contributed by atoms with Gasteiger partial charge in [0.1, 0.15) is 12.1 Å². The zero-order chi connectivity index (χ0) is 27.6. The first-order chi connectivity index (χ1) is 19.7. The number of hydrogen-bond acceptors (Lipinski definition) is 8. The average Bonchev–Trinajstić information content (AvgIpc) is 3.00. The van der Waals surface area contributed by atoms with E-state index in [1.54, 1.807) is 13.4 Å². The molecule has 1 aromatic heterocycles. The third kappa shape index (κ3) is 7.28. The molecule has 2 N–H and O–H groups in total. The van der Waals surface area contributed by atoms with Gasteiger partial charge in [0.15, 0.2) is 11.5 Å². The Bertz CT molecular complexity index is 1390. The van der Waals surface area contributed by atoms with Gasteiger partial charge in [0, 0.05) is 23.7 Å². The number of nitrogens with zero attached hydrogens (tertiary/aromatic N) is 3. The van der Waals surface area contributed by atoms with Crippen LogP contribution in [0.1, 0.15) is 36.8 Å². The van der Waals surface area contributed by atoms with Crippen LogP contribution in [0.15, 0.2) is 79.6 Å². The van der Waals surface area contributed by atoms with Gasteiger partial charge in [-0.15, -0.1) is 0 Å². The lowest BCUT2D eigenvalue weighted by molar-refractivity contribution is 0.0648. The molecule has 1 aliphatic heterocycles. The van der Waals surface area contributed by atoms with Gasteiger partial charge >= 0.3 is 0 Å². The zero-order valence-electron chi connectivity index (χ0n) is 23.1. The highest BCUT2D eigenvalue weighted by Gasteiger charge is 2.13. The molecular weight excluding hydrogens is 502 g/mol. The van der Waals surface area contributed by atoms with Crippen molar-refractivity contribution in [3.63, 3.8) is 0 Å². The number of piperidine rings is 1. The predicted octanol–water partition coefficient (Wildman–Crippen LogP) is 6.33. The molecule has 0 unspecified atom stereocenters. The van der Waals surface area contributed by atoms with Gasteiger partial charge in [-0.05, 0) is 61.7 Å². The van der Waals surface area contributed by atoms with E-state index < -0.39 is 0 Å². The van der Waals surface area contributed by atoms with E-state index in [0.717, 1.165) is 40.7 Å². The van der Waals surface area contributed by atoms with E-state index in [-0.39, 0.29) is 0 Å². The minimum atomic E-state index is 0.454. The zero-order valence-corrected chi connectivity index (χ0v) is 23.1. The van der Waals surface area contributed by atoms with Crippen LogP contribution in [0.5, 0.6) is 11.5 Å². The second-order valence-corrected chi connectivity index (χ2v) is 9.90. The molecular formula is C32H37N5O3. The third-order valence-corrected chi connectivity index (χ3v) is 7.02. The Morgan fingerprint density at radius 3 is 2.52 bits per heavy atom. The molecule has 8 heteroatoms. The molecule has 0 atom stereocenters. The molecule has 208 valence electrons. The minimum absolute atomic E-state index is 0.454. The Morgan fingerprint density at radius 1 is 0.950 bits per heavy atom. The van der Waals surface area contributed by atoms with E-state index in [4.69, 9.17) is 14.3 Å². The molecule has 0 spiro atoms. The number of hydroxylamine groups is 1. The summed E-state index contributed by atoms with van der Waals surface area (Å²) in [6, 6.07) is 21.8. The van der Waals surface area contributed by atoms with Crippen LogP contribution in [0.25, 0.3) is 16.6 Å². The van der Waals surface area contributed by atoms with E-state index in [0.29, 0.717) is 36.2 Å². The SMILES string of the molecule is C=C(NOCc1ccccc1)c1ccc(Nc2ncnc3cc(OC)c(OCCCN4CCCCC4)cc23)cc1. The number of hydrogen-bond donors (Lipinski definition) is 2. The first kappa shape index (κ1) is 27.4. The summed E-state index contributed by atoms with van der Waals surface area (Å²) in [4.78, 5) is 17.1. The fourth-order valence-electron chi connectivity index (χ4n) is 4.82. The van der Waals surface area contributed by atoms with Gasteiger partial charge in [-0.1, -0.05) is 55.5 Å². The molecule has 5 rings (SSSR count). The van der Waals surface area contributed by atoms with Crippen molar-refractivity contribution in [2.45, 2.75) is 32.3 Å². The van der Waals surface area contributed by atoms with Crippen LogP contribution < -0.4 is 20.3 Å². The first-order valence-corrected chi connectivity index (χ1v) is 13.9. The summed E-state index contributed by atoms with van der Waals surface area (Å²) in [6.45, 7) is 8.62. The molecule has 0 amide bonds. The first-order valence-electron chi connectivity index (χ1n) is 13.9. The van der Waals surface area contributed by atoms with Crippen molar-refractivity contribution in [2.75, 3.05) is 38.7 Å². The van der Waals surface area contributed by atoms with Crippen LogP contribution in [0, 0.1) is 0 Å². The molecule has 1 aliphatic rings. The third-order valence-electron chi connectivity index (χ3n) is 7.02. The van der Waals surface area contributed by atoms with Crippen molar-refractivity contribution < 1.29 is 14.3 Å². The van der Waals surface area contributed by atoms with Crippen molar-refractivity contribution in [3.05, 3.63) is 90.8 Å². The molecule has 8 nitrogen and oxygen atoms in total. The normalized spacial score (nSPS) is 13.6. The van der Waals surface area contributed by atoms with Crippen molar-refractivity contribution in [3.8, 4) is 11.5 Å². The Kier molecular flexibility index (Phi) is 9.45. The summed E-state index contributed by atoms with van der Waals surface area (Å²) in [5, 5.41) is 4.28. The number of rotatable bonds is 13. The molecule has 2 heterocycles. The van der Waals surface area contributed by atoms with Gasteiger partial charge in [-0.25, -0.2) is 9.97 Å². The van der Waals surface area contributed by atoms with Crippen molar-refractivity contribution in [2.24, 2.45) is 0 Å². The van der Waals surface area contributed by atoms with E-state index in [1.807, 2.05) is 66.7 Å². The summed E-state index contributed by atoms with van der Waals surface area (Å²) in [7, 11) is 1.65. The Balaban J connectivity index is 1.21. The van der Waals surface area contributed by atoms with Gasteiger partial charge in [-0.3, -0.25) is 10.3 Å². The summed E-state index contributed by atoms with van der Waals surface area (Å²) < 4.78 is 11.8. The molecule has 0 saturated carbocycles.